The second kappa shape index (κ2) is 4.44. The Morgan fingerprint density at radius 1 is 1.60 bits per heavy atom. The van der Waals surface area contributed by atoms with E-state index in [1.165, 1.54) is 6.08 Å². The van der Waals surface area contributed by atoms with Crippen LogP contribution in [0.25, 0.3) is 0 Å². The van der Waals surface area contributed by atoms with Crippen molar-refractivity contribution in [2.45, 2.75) is 32.7 Å². The predicted octanol–water partition coefficient (Wildman–Crippen LogP) is 0.784. The van der Waals surface area contributed by atoms with E-state index in [-0.39, 0.29) is 0 Å². The first-order valence-corrected chi connectivity index (χ1v) is 4.70. The lowest BCUT2D eigenvalue weighted by molar-refractivity contribution is -0.160. The van der Waals surface area contributed by atoms with Crippen LogP contribution in [0.15, 0.2) is 12.2 Å². The minimum atomic E-state index is -0.930. The van der Waals surface area contributed by atoms with Crippen LogP contribution in [0.4, 0.5) is 0 Å². The van der Waals surface area contributed by atoms with Crippen LogP contribution in [0.5, 0.6) is 0 Å². The van der Waals surface area contributed by atoms with Gasteiger partial charge in [-0.15, -0.1) is 0 Å². The van der Waals surface area contributed by atoms with Gasteiger partial charge in [-0.1, -0.05) is 0 Å². The standard InChI is InChI=1S/C10H14O5/c1-4-13-8(11)6-5-7-9(12)15-10(2,3)14-7/h5-7H,4H2,1-3H3/b6-5-/t7-/m0/s1. The minimum Gasteiger partial charge on any atom is -0.463 e. The molecular formula is C10H14O5. The highest BCUT2D eigenvalue weighted by Crippen LogP contribution is 2.24. The van der Waals surface area contributed by atoms with Crippen molar-refractivity contribution >= 4 is 11.9 Å². The summed E-state index contributed by atoms with van der Waals surface area (Å²) >= 11 is 0. The van der Waals surface area contributed by atoms with Crippen molar-refractivity contribution in [1.82, 2.24) is 0 Å². The van der Waals surface area contributed by atoms with Crippen LogP contribution in [0.1, 0.15) is 20.8 Å². The van der Waals surface area contributed by atoms with Crippen LogP contribution in [-0.4, -0.2) is 30.4 Å². The maximum absolute atomic E-state index is 11.2. The predicted molar refractivity (Wildman–Crippen MR) is 50.8 cm³/mol. The number of carbonyl (C=O) groups is 2. The van der Waals surface area contributed by atoms with Gasteiger partial charge in [0.2, 0.25) is 5.79 Å². The smallest absolute Gasteiger partial charge is 0.341 e. The zero-order valence-electron chi connectivity index (χ0n) is 8.98. The van der Waals surface area contributed by atoms with Crippen molar-refractivity contribution in [3.8, 4) is 0 Å². The zero-order valence-corrected chi connectivity index (χ0v) is 8.98. The van der Waals surface area contributed by atoms with Gasteiger partial charge < -0.3 is 14.2 Å². The maximum atomic E-state index is 11.2. The molecule has 1 saturated heterocycles. The third-order valence-electron chi connectivity index (χ3n) is 1.68. The molecule has 84 valence electrons. The molecule has 0 aromatic heterocycles. The van der Waals surface area contributed by atoms with E-state index in [0.29, 0.717) is 6.61 Å². The number of hydrogen-bond donors (Lipinski definition) is 0. The summed E-state index contributed by atoms with van der Waals surface area (Å²) in [5.41, 5.74) is 0. The monoisotopic (exact) mass is 214 g/mol. The van der Waals surface area contributed by atoms with Crippen molar-refractivity contribution in [2.24, 2.45) is 0 Å². The van der Waals surface area contributed by atoms with Crippen molar-refractivity contribution < 1.29 is 23.8 Å². The van der Waals surface area contributed by atoms with Gasteiger partial charge >= 0.3 is 11.9 Å². The third kappa shape index (κ3) is 3.36. The Morgan fingerprint density at radius 3 is 2.73 bits per heavy atom. The van der Waals surface area contributed by atoms with E-state index in [9.17, 15) is 9.59 Å². The molecule has 1 aliphatic rings. The number of esters is 2. The largest absolute Gasteiger partial charge is 0.463 e. The van der Waals surface area contributed by atoms with Crippen LogP contribution in [-0.2, 0) is 23.8 Å². The van der Waals surface area contributed by atoms with E-state index in [0.717, 1.165) is 6.08 Å². The molecule has 1 heterocycles. The Kier molecular flexibility index (Phi) is 3.47. The molecule has 0 unspecified atom stereocenters. The van der Waals surface area contributed by atoms with E-state index >= 15 is 0 Å². The molecule has 0 aromatic rings. The summed E-state index contributed by atoms with van der Waals surface area (Å²) in [5.74, 6) is -1.93. The Labute approximate surface area is 88.0 Å². The molecule has 0 aromatic carbocycles. The second-order valence-electron chi connectivity index (χ2n) is 3.47. The zero-order chi connectivity index (χ0) is 11.5. The van der Waals surface area contributed by atoms with Gasteiger partial charge in [-0.25, -0.2) is 9.59 Å². The summed E-state index contributed by atoms with van der Waals surface area (Å²) in [6.45, 7) is 5.26. The Bertz CT molecular complexity index is 292. The number of rotatable bonds is 3. The molecule has 0 amide bonds. The molecule has 1 fully saturated rings. The summed E-state index contributed by atoms with van der Waals surface area (Å²) in [4.78, 5) is 22.2. The molecule has 5 heteroatoms. The fraction of sp³-hybridized carbons (Fsp3) is 0.600. The van der Waals surface area contributed by atoms with E-state index in [2.05, 4.69) is 4.74 Å². The highest BCUT2D eigenvalue weighted by molar-refractivity contribution is 5.85. The van der Waals surface area contributed by atoms with E-state index in [1.807, 2.05) is 0 Å². The molecule has 0 bridgehead atoms. The molecule has 5 nitrogen and oxygen atoms in total. The lowest BCUT2D eigenvalue weighted by Gasteiger charge is -2.14. The molecule has 0 N–H and O–H groups in total. The van der Waals surface area contributed by atoms with Gasteiger partial charge in [0.1, 0.15) is 0 Å². The second-order valence-corrected chi connectivity index (χ2v) is 3.47. The van der Waals surface area contributed by atoms with E-state index < -0.39 is 23.8 Å². The fourth-order valence-electron chi connectivity index (χ4n) is 1.15. The maximum Gasteiger partial charge on any atom is 0.341 e. The lowest BCUT2D eigenvalue weighted by Crippen LogP contribution is -2.20. The minimum absolute atomic E-state index is 0.296. The quantitative estimate of drug-likeness (QED) is 0.513. The van der Waals surface area contributed by atoms with Crippen LogP contribution in [0.3, 0.4) is 0 Å². The Balaban J connectivity index is 2.53. The molecule has 1 atom stereocenters. The lowest BCUT2D eigenvalue weighted by atomic mass is 10.3. The third-order valence-corrected chi connectivity index (χ3v) is 1.68. The van der Waals surface area contributed by atoms with Crippen molar-refractivity contribution in [2.75, 3.05) is 6.61 Å². The summed E-state index contributed by atoms with van der Waals surface area (Å²) < 4.78 is 14.8. The number of cyclic esters (lactones) is 1. The van der Waals surface area contributed by atoms with Gasteiger partial charge in [0.25, 0.3) is 0 Å². The van der Waals surface area contributed by atoms with Gasteiger partial charge in [-0.3, -0.25) is 0 Å². The molecule has 0 spiro atoms. The van der Waals surface area contributed by atoms with Gasteiger partial charge in [0, 0.05) is 19.9 Å². The topological polar surface area (TPSA) is 61.8 Å². The van der Waals surface area contributed by atoms with Crippen LogP contribution < -0.4 is 0 Å². The average Bonchev–Trinajstić information content (AvgIpc) is 2.36. The van der Waals surface area contributed by atoms with Crippen LogP contribution >= 0.6 is 0 Å². The van der Waals surface area contributed by atoms with Crippen LogP contribution in [0, 0.1) is 0 Å². The number of ether oxygens (including phenoxy) is 3. The first-order valence-electron chi connectivity index (χ1n) is 4.70. The summed E-state index contributed by atoms with van der Waals surface area (Å²) in [6.07, 6.45) is 1.66. The van der Waals surface area contributed by atoms with Gasteiger partial charge in [0.15, 0.2) is 6.10 Å². The van der Waals surface area contributed by atoms with Crippen molar-refractivity contribution in [3.63, 3.8) is 0 Å². The fourth-order valence-corrected chi connectivity index (χ4v) is 1.15. The van der Waals surface area contributed by atoms with Gasteiger partial charge in [0.05, 0.1) is 6.61 Å². The normalized spacial score (nSPS) is 24.2. The van der Waals surface area contributed by atoms with Gasteiger partial charge in [-0.2, -0.15) is 0 Å². The van der Waals surface area contributed by atoms with Crippen molar-refractivity contribution in [1.29, 1.82) is 0 Å². The Hall–Kier alpha value is -1.36. The summed E-state index contributed by atoms with van der Waals surface area (Å²) in [5, 5.41) is 0. The molecule has 0 saturated carbocycles. The number of hydrogen-bond acceptors (Lipinski definition) is 5. The first-order chi connectivity index (χ1) is 6.94. The average molecular weight is 214 g/mol. The van der Waals surface area contributed by atoms with E-state index in [4.69, 9.17) is 9.47 Å². The highest BCUT2D eigenvalue weighted by atomic mass is 16.8. The molecular weight excluding hydrogens is 200 g/mol. The molecule has 0 radical (unpaired) electrons. The van der Waals surface area contributed by atoms with E-state index in [1.54, 1.807) is 20.8 Å². The van der Waals surface area contributed by atoms with Gasteiger partial charge in [-0.05, 0) is 13.0 Å². The van der Waals surface area contributed by atoms with Crippen LogP contribution in [0.2, 0.25) is 0 Å². The molecule has 1 aliphatic heterocycles. The summed E-state index contributed by atoms with van der Waals surface area (Å²) in [6, 6.07) is 0. The van der Waals surface area contributed by atoms with Crippen molar-refractivity contribution in [3.05, 3.63) is 12.2 Å². The highest BCUT2D eigenvalue weighted by Gasteiger charge is 2.39. The molecule has 15 heavy (non-hydrogen) atoms. The molecule has 0 aliphatic carbocycles. The summed E-state index contributed by atoms with van der Waals surface area (Å²) in [7, 11) is 0. The SMILES string of the molecule is CCOC(=O)/C=C\[C@@H]1OC(C)(C)OC1=O. The number of carbonyl (C=O) groups excluding carboxylic acids is 2. The molecule has 1 rings (SSSR count). The first kappa shape index (κ1) is 11.7. The Morgan fingerprint density at radius 2 is 2.27 bits per heavy atom.